The molecule has 0 spiro atoms. The summed E-state index contributed by atoms with van der Waals surface area (Å²) in [5, 5.41) is 6.95. The van der Waals surface area contributed by atoms with Crippen molar-refractivity contribution in [1.82, 2.24) is 25.5 Å². The quantitative estimate of drug-likeness (QED) is 0.365. The van der Waals surface area contributed by atoms with Crippen molar-refractivity contribution in [2.45, 2.75) is 46.3 Å². The van der Waals surface area contributed by atoms with Crippen molar-refractivity contribution in [3.63, 3.8) is 0 Å². The highest BCUT2D eigenvalue weighted by Gasteiger charge is 2.31. The minimum absolute atomic E-state index is 0. The van der Waals surface area contributed by atoms with E-state index in [0.29, 0.717) is 24.5 Å². The fourth-order valence-electron chi connectivity index (χ4n) is 3.41. The van der Waals surface area contributed by atoms with Crippen molar-refractivity contribution in [3.8, 4) is 0 Å². The molecule has 2 aromatic rings. The third-order valence-corrected chi connectivity index (χ3v) is 5.03. The zero-order chi connectivity index (χ0) is 18.0. The standard InChI is InChI=1S/C19H30N6.HI/c1-12(2)25-10-14(4)17(11-25)24-19(20-5)21-9-18-22-15-7-6-13(3)8-16(15)23-18;/h6-8,12,14,17H,9-11H2,1-5H3,(H,22,23)(H2,20,21,24);1H. The van der Waals surface area contributed by atoms with Crippen LogP contribution >= 0.6 is 24.0 Å². The van der Waals surface area contributed by atoms with Crippen molar-refractivity contribution >= 4 is 41.0 Å². The van der Waals surface area contributed by atoms with Gasteiger partial charge in [-0.05, 0) is 44.4 Å². The van der Waals surface area contributed by atoms with Crippen molar-refractivity contribution in [2.75, 3.05) is 20.1 Å². The number of guanidine groups is 1. The topological polar surface area (TPSA) is 68.3 Å². The van der Waals surface area contributed by atoms with Crippen molar-refractivity contribution in [3.05, 3.63) is 29.6 Å². The van der Waals surface area contributed by atoms with E-state index in [9.17, 15) is 0 Å². The van der Waals surface area contributed by atoms with Crippen LogP contribution < -0.4 is 10.6 Å². The maximum absolute atomic E-state index is 4.63. The van der Waals surface area contributed by atoms with Crippen LogP contribution in [0.4, 0.5) is 0 Å². The maximum atomic E-state index is 4.63. The maximum Gasteiger partial charge on any atom is 0.191 e. The molecule has 6 nitrogen and oxygen atoms in total. The lowest BCUT2D eigenvalue weighted by Gasteiger charge is -2.21. The number of benzene rings is 1. The summed E-state index contributed by atoms with van der Waals surface area (Å²) >= 11 is 0. The van der Waals surface area contributed by atoms with E-state index < -0.39 is 0 Å². The molecule has 1 aliphatic heterocycles. The van der Waals surface area contributed by atoms with Gasteiger partial charge < -0.3 is 15.6 Å². The Morgan fingerprint density at radius 2 is 2.15 bits per heavy atom. The smallest absolute Gasteiger partial charge is 0.191 e. The molecule has 1 aromatic carbocycles. The van der Waals surface area contributed by atoms with E-state index in [4.69, 9.17) is 0 Å². The predicted molar refractivity (Wildman–Crippen MR) is 119 cm³/mol. The number of nitrogens with one attached hydrogen (secondary N) is 3. The number of rotatable bonds is 4. The molecular formula is C19H31IN6. The first-order valence-electron chi connectivity index (χ1n) is 9.12. The number of aryl methyl sites for hydroxylation is 1. The largest absolute Gasteiger partial charge is 0.352 e. The molecule has 2 heterocycles. The number of aromatic amines is 1. The molecule has 7 heteroatoms. The number of hydrogen-bond donors (Lipinski definition) is 3. The van der Waals surface area contributed by atoms with Crippen LogP contribution in [-0.2, 0) is 6.54 Å². The second-order valence-electron chi connectivity index (χ2n) is 7.41. The van der Waals surface area contributed by atoms with Gasteiger partial charge in [0.15, 0.2) is 5.96 Å². The highest BCUT2D eigenvalue weighted by molar-refractivity contribution is 14.0. The number of H-pyrrole nitrogens is 1. The van der Waals surface area contributed by atoms with E-state index in [1.54, 1.807) is 0 Å². The molecule has 0 saturated carbocycles. The fraction of sp³-hybridized carbons (Fsp3) is 0.579. The molecule has 0 bridgehead atoms. The van der Waals surface area contributed by atoms with Gasteiger partial charge >= 0.3 is 0 Å². The lowest BCUT2D eigenvalue weighted by Crippen LogP contribution is -2.46. The molecule has 1 aromatic heterocycles. The Kier molecular flexibility index (Phi) is 7.28. The Labute approximate surface area is 173 Å². The summed E-state index contributed by atoms with van der Waals surface area (Å²) < 4.78 is 0. The Bertz CT molecular complexity index is 754. The van der Waals surface area contributed by atoms with Crippen LogP contribution in [0.25, 0.3) is 11.0 Å². The normalized spacial score (nSPS) is 21.2. The fourth-order valence-corrected chi connectivity index (χ4v) is 3.41. The second-order valence-corrected chi connectivity index (χ2v) is 7.41. The molecule has 0 radical (unpaired) electrons. The molecule has 0 amide bonds. The first-order chi connectivity index (χ1) is 12.0. The summed E-state index contributed by atoms with van der Waals surface area (Å²) in [6, 6.07) is 7.27. The second kappa shape index (κ2) is 9.03. The lowest BCUT2D eigenvalue weighted by molar-refractivity contribution is 0.265. The van der Waals surface area contributed by atoms with Crippen molar-refractivity contribution in [2.24, 2.45) is 10.9 Å². The molecular weight excluding hydrogens is 439 g/mol. The van der Waals surface area contributed by atoms with Crippen molar-refractivity contribution in [1.29, 1.82) is 0 Å². The number of fused-ring (bicyclic) bond motifs is 1. The van der Waals surface area contributed by atoms with Gasteiger partial charge in [-0.25, -0.2) is 4.98 Å². The van der Waals surface area contributed by atoms with E-state index in [-0.39, 0.29) is 24.0 Å². The van der Waals surface area contributed by atoms with E-state index in [1.807, 2.05) is 7.05 Å². The van der Waals surface area contributed by atoms with Gasteiger partial charge in [-0.2, -0.15) is 0 Å². The number of aliphatic imine (C=N–C) groups is 1. The summed E-state index contributed by atoms with van der Waals surface area (Å²) in [5.41, 5.74) is 3.32. The van der Waals surface area contributed by atoms with Gasteiger partial charge in [0.1, 0.15) is 5.82 Å². The van der Waals surface area contributed by atoms with Crippen LogP contribution in [0.3, 0.4) is 0 Å². The highest BCUT2D eigenvalue weighted by Crippen LogP contribution is 2.18. The average molecular weight is 470 g/mol. The van der Waals surface area contributed by atoms with Gasteiger partial charge in [-0.15, -0.1) is 24.0 Å². The van der Waals surface area contributed by atoms with Crippen LogP contribution in [0.15, 0.2) is 23.2 Å². The van der Waals surface area contributed by atoms with Crippen LogP contribution in [0.1, 0.15) is 32.2 Å². The first kappa shape index (κ1) is 21.0. The van der Waals surface area contributed by atoms with Crippen LogP contribution in [0.5, 0.6) is 0 Å². The minimum atomic E-state index is 0. The first-order valence-corrected chi connectivity index (χ1v) is 9.12. The number of hydrogen-bond acceptors (Lipinski definition) is 3. The van der Waals surface area contributed by atoms with Crippen molar-refractivity contribution < 1.29 is 0 Å². The highest BCUT2D eigenvalue weighted by atomic mass is 127. The molecule has 1 saturated heterocycles. The zero-order valence-corrected chi connectivity index (χ0v) is 18.7. The number of aromatic nitrogens is 2. The summed E-state index contributed by atoms with van der Waals surface area (Å²) in [6.45, 7) is 11.7. The van der Waals surface area contributed by atoms with E-state index in [2.05, 4.69) is 76.4 Å². The van der Waals surface area contributed by atoms with Crippen LogP contribution in [0, 0.1) is 12.8 Å². The summed E-state index contributed by atoms with van der Waals surface area (Å²) in [5.74, 6) is 2.36. The zero-order valence-electron chi connectivity index (χ0n) is 16.3. The predicted octanol–water partition coefficient (Wildman–Crippen LogP) is 2.88. The van der Waals surface area contributed by atoms with E-state index in [1.165, 1.54) is 5.56 Å². The number of nitrogens with zero attached hydrogens (tertiary/aromatic N) is 3. The van der Waals surface area contributed by atoms with E-state index >= 15 is 0 Å². The van der Waals surface area contributed by atoms with Gasteiger partial charge in [-0.1, -0.05) is 13.0 Å². The third-order valence-electron chi connectivity index (χ3n) is 5.03. The molecule has 3 rings (SSSR count). The molecule has 0 aliphatic carbocycles. The minimum Gasteiger partial charge on any atom is -0.352 e. The number of imidazole rings is 1. The number of likely N-dealkylation sites (tertiary alicyclic amines) is 1. The molecule has 2 atom stereocenters. The van der Waals surface area contributed by atoms with E-state index in [0.717, 1.165) is 35.9 Å². The Balaban J connectivity index is 0.00000243. The van der Waals surface area contributed by atoms with Crippen LogP contribution in [0.2, 0.25) is 0 Å². The summed E-state index contributed by atoms with van der Waals surface area (Å²) in [4.78, 5) is 14.9. The van der Waals surface area contributed by atoms with Gasteiger partial charge in [0.2, 0.25) is 0 Å². The average Bonchev–Trinajstić information content (AvgIpc) is 3.14. The monoisotopic (exact) mass is 470 g/mol. The Morgan fingerprint density at radius 1 is 1.38 bits per heavy atom. The molecule has 144 valence electrons. The van der Waals surface area contributed by atoms with Gasteiger partial charge in [0.05, 0.1) is 17.6 Å². The Hall–Kier alpha value is -1.35. The molecule has 1 aliphatic rings. The lowest BCUT2D eigenvalue weighted by atomic mass is 10.1. The number of halogens is 1. The summed E-state index contributed by atoms with van der Waals surface area (Å²) in [6.07, 6.45) is 0. The van der Waals surface area contributed by atoms with Crippen LogP contribution in [-0.4, -0.2) is 53.0 Å². The molecule has 1 fully saturated rings. The van der Waals surface area contributed by atoms with Gasteiger partial charge in [0.25, 0.3) is 0 Å². The summed E-state index contributed by atoms with van der Waals surface area (Å²) in [7, 11) is 1.82. The third kappa shape index (κ3) is 4.88. The van der Waals surface area contributed by atoms with Gasteiger partial charge in [-0.3, -0.25) is 9.89 Å². The Morgan fingerprint density at radius 3 is 2.81 bits per heavy atom. The SMILES string of the molecule is CN=C(NCc1nc2ccc(C)cc2[nH]1)NC1CN(C(C)C)CC1C.I. The van der Waals surface area contributed by atoms with Gasteiger partial charge in [0, 0.05) is 32.2 Å². The molecule has 26 heavy (non-hydrogen) atoms. The molecule has 3 N–H and O–H groups in total. The molecule has 2 unspecified atom stereocenters.